The normalized spacial score (nSPS) is 13.9. The van der Waals surface area contributed by atoms with Gasteiger partial charge in [-0.2, -0.15) is 0 Å². The molecule has 0 radical (unpaired) electrons. The predicted molar refractivity (Wildman–Crippen MR) is 150 cm³/mol. The van der Waals surface area contributed by atoms with E-state index in [-0.39, 0.29) is 11.8 Å². The Bertz CT molecular complexity index is 1690. The van der Waals surface area contributed by atoms with E-state index < -0.39 is 0 Å². The molecule has 0 atom stereocenters. The number of amides is 2. The summed E-state index contributed by atoms with van der Waals surface area (Å²) in [5.74, 6) is -0.570. The van der Waals surface area contributed by atoms with Crippen molar-refractivity contribution in [2.24, 2.45) is 0 Å². The highest BCUT2D eigenvalue weighted by molar-refractivity contribution is 6.49. The molecule has 6 rings (SSSR count). The summed E-state index contributed by atoms with van der Waals surface area (Å²) in [6, 6.07) is 34.3. The van der Waals surface area contributed by atoms with Gasteiger partial charge in [-0.05, 0) is 33.9 Å². The molecule has 0 fully saturated rings. The second kappa shape index (κ2) is 9.25. The van der Waals surface area contributed by atoms with Gasteiger partial charge < -0.3 is 4.98 Å². The monoisotopic (exact) mass is 480 g/mol. The number of fused-ring (bicyclic) bond motifs is 1. The average molecular weight is 481 g/mol. The van der Waals surface area contributed by atoms with Gasteiger partial charge in [-0.25, -0.2) is 0 Å². The summed E-state index contributed by atoms with van der Waals surface area (Å²) < 4.78 is 0. The number of aromatic nitrogens is 1. The number of aromatic amines is 1. The maximum atomic E-state index is 13.1. The molecule has 4 heteroatoms. The van der Waals surface area contributed by atoms with Gasteiger partial charge in [-0.15, -0.1) is 0 Å². The molecular weight excluding hydrogens is 456 g/mol. The molecule has 0 bridgehead atoms. The molecule has 0 saturated carbocycles. The number of rotatable bonds is 5. The van der Waals surface area contributed by atoms with E-state index in [1.165, 1.54) is 23.1 Å². The Morgan fingerprint density at radius 1 is 0.595 bits per heavy atom. The maximum absolute atomic E-state index is 13.1. The fourth-order valence-electron chi connectivity index (χ4n) is 4.81. The molecule has 37 heavy (non-hydrogen) atoms. The first kappa shape index (κ1) is 22.5. The van der Waals surface area contributed by atoms with Crippen LogP contribution in [0.2, 0.25) is 0 Å². The van der Waals surface area contributed by atoms with Gasteiger partial charge in [-0.3, -0.25) is 14.5 Å². The van der Waals surface area contributed by atoms with Crippen LogP contribution < -0.4 is 0 Å². The van der Waals surface area contributed by atoms with E-state index in [2.05, 4.69) is 47.5 Å². The number of benzene rings is 4. The summed E-state index contributed by atoms with van der Waals surface area (Å²) in [4.78, 5) is 30.6. The Kier molecular flexibility index (Phi) is 5.62. The molecule has 1 aliphatic rings. The van der Waals surface area contributed by atoms with Crippen LogP contribution in [-0.2, 0) is 9.59 Å². The van der Waals surface area contributed by atoms with Crippen LogP contribution in [0.1, 0.15) is 22.3 Å². The molecule has 2 heterocycles. The number of carbonyl (C=O) groups excluding carboxylic acids is 2. The van der Waals surface area contributed by atoms with Gasteiger partial charge >= 0.3 is 0 Å². The summed E-state index contributed by atoms with van der Waals surface area (Å²) >= 11 is 0. The molecule has 0 unspecified atom stereocenters. The molecule has 4 nitrogen and oxygen atoms in total. The lowest BCUT2D eigenvalue weighted by Gasteiger charge is -2.06. The molecule has 0 aliphatic carbocycles. The van der Waals surface area contributed by atoms with Crippen LogP contribution in [0.4, 0.5) is 0 Å². The summed E-state index contributed by atoms with van der Waals surface area (Å²) in [5.41, 5.74) is 7.76. The highest BCUT2D eigenvalue weighted by Crippen LogP contribution is 2.38. The van der Waals surface area contributed by atoms with Gasteiger partial charge in [0, 0.05) is 29.7 Å². The summed E-state index contributed by atoms with van der Waals surface area (Å²) in [7, 11) is 1.53. The van der Waals surface area contributed by atoms with Crippen molar-refractivity contribution in [2.45, 2.75) is 0 Å². The number of likely N-dealkylation sites (N-methyl/N-ethyl adjacent to an activating group) is 1. The van der Waals surface area contributed by atoms with Crippen LogP contribution in [0, 0.1) is 0 Å². The number of nitrogens with zero attached hydrogens (tertiary/aromatic N) is 1. The molecule has 0 spiro atoms. The van der Waals surface area contributed by atoms with E-state index in [1.54, 1.807) is 0 Å². The van der Waals surface area contributed by atoms with Crippen molar-refractivity contribution < 1.29 is 9.59 Å². The second-order valence-corrected chi connectivity index (χ2v) is 9.11. The number of nitrogens with one attached hydrogen (secondary N) is 1. The van der Waals surface area contributed by atoms with Crippen LogP contribution in [0.15, 0.2) is 109 Å². The van der Waals surface area contributed by atoms with Crippen molar-refractivity contribution in [1.82, 2.24) is 9.88 Å². The minimum atomic E-state index is -0.285. The zero-order valence-corrected chi connectivity index (χ0v) is 20.3. The van der Waals surface area contributed by atoms with Gasteiger partial charge in [0.15, 0.2) is 0 Å². The van der Waals surface area contributed by atoms with E-state index in [9.17, 15) is 9.59 Å². The Hall–Kier alpha value is -4.96. The quantitative estimate of drug-likeness (QED) is 0.219. The third-order valence-electron chi connectivity index (χ3n) is 6.83. The van der Waals surface area contributed by atoms with E-state index >= 15 is 0 Å². The molecule has 0 saturated heterocycles. The Morgan fingerprint density at radius 3 is 1.81 bits per heavy atom. The molecule has 1 N–H and O–H groups in total. The van der Waals surface area contributed by atoms with Crippen LogP contribution in [0.25, 0.3) is 45.3 Å². The number of imide groups is 1. The molecule has 1 aromatic heterocycles. The Balaban J connectivity index is 1.29. The first-order chi connectivity index (χ1) is 18.1. The summed E-state index contributed by atoms with van der Waals surface area (Å²) in [5, 5.41) is 0.921. The lowest BCUT2D eigenvalue weighted by molar-refractivity contribution is -0.134. The van der Waals surface area contributed by atoms with E-state index in [0.717, 1.165) is 33.2 Å². The van der Waals surface area contributed by atoms with Gasteiger partial charge in [0.1, 0.15) is 0 Å². The third kappa shape index (κ3) is 4.09. The second-order valence-electron chi connectivity index (χ2n) is 9.11. The molecule has 2 amide bonds. The van der Waals surface area contributed by atoms with Crippen molar-refractivity contribution >= 4 is 46.0 Å². The average Bonchev–Trinajstić information content (AvgIpc) is 3.47. The SMILES string of the molecule is CN1C(=O)C(c2ccc(/C=C/c3ccc(-c4ccccc4)cc3)cc2)=C(c2c[nH]c3ccccc23)C1=O. The minimum absolute atomic E-state index is 0.285. The molecule has 178 valence electrons. The fraction of sp³-hybridized carbons (Fsp3) is 0.0303. The highest BCUT2D eigenvalue weighted by Gasteiger charge is 2.38. The zero-order chi connectivity index (χ0) is 25.4. The first-order valence-corrected chi connectivity index (χ1v) is 12.2. The fourth-order valence-corrected chi connectivity index (χ4v) is 4.81. The largest absolute Gasteiger partial charge is 0.361 e. The topological polar surface area (TPSA) is 53.2 Å². The molecule has 1 aliphatic heterocycles. The van der Waals surface area contributed by atoms with Crippen molar-refractivity contribution in [2.75, 3.05) is 7.05 Å². The number of hydrogen-bond acceptors (Lipinski definition) is 2. The standard InChI is InChI=1S/C33H24N2O2/c1-35-32(36)30(31(33(35)37)28-21-34-29-10-6-5-9-27(28)29)26-19-15-23(16-20-26)12-11-22-13-17-25(18-14-22)24-7-3-2-4-8-24/h2-21,34H,1H3/b12-11+. The number of carbonyl (C=O) groups is 2. The van der Waals surface area contributed by atoms with Crippen molar-refractivity contribution in [1.29, 1.82) is 0 Å². The first-order valence-electron chi connectivity index (χ1n) is 12.2. The van der Waals surface area contributed by atoms with Crippen molar-refractivity contribution in [3.8, 4) is 11.1 Å². The summed E-state index contributed by atoms with van der Waals surface area (Å²) in [6.07, 6.45) is 5.92. The van der Waals surface area contributed by atoms with Crippen LogP contribution in [0.3, 0.4) is 0 Å². The lowest BCUT2D eigenvalue weighted by Crippen LogP contribution is -2.26. The molecule has 4 aromatic carbocycles. The zero-order valence-electron chi connectivity index (χ0n) is 20.3. The van der Waals surface area contributed by atoms with Gasteiger partial charge in [-0.1, -0.05) is 109 Å². The van der Waals surface area contributed by atoms with Crippen molar-refractivity contribution in [3.05, 3.63) is 132 Å². The summed E-state index contributed by atoms with van der Waals surface area (Å²) in [6.45, 7) is 0. The van der Waals surface area contributed by atoms with Gasteiger partial charge in [0.2, 0.25) is 0 Å². The van der Waals surface area contributed by atoms with E-state index in [0.29, 0.717) is 11.1 Å². The van der Waals surface area contributed by atoms with Gasteiger partial charge in [0.05, 0.1) is 11.1 Å². The molecule has 5 aromatic rings. The van der Waals surface area contributed by atoms with Crippen LogP contribution in [0.5, 0.6) is 0 Å². The highest BCUT2D eigenvalue weighted by atomic mass is 16.2. The molecular formula is C33H24N2O2. The smallest absolute Gasteiger partial charge is 0.261 e. The van der Waals surface area contributed by atoms with Crippen LogP contribution in [-0.4, -0.2) is 28.7 Å². The van der Waals surface area contributed by atoms with Gasteiger partial charge in [0.25, 0.3) is 11.8 Å². The number of H-pyrrole nitrogens is 1. The Morgan fingerprint density at radius 2 is 1.14 bits per heavy atom. The minimum Gasteiger partial charge on any atom is -0.361 e. The van der Waals surface area contributed by atoms with Crippen molar-refractivity contribution in [3.63, 3.8) is 0 Å². The third-order valence-corrected chi connectivity index (χ3v) is 6.83. The Labute approximate surface area is 215 Å². The van der Waals surface area contributed by atoms with E-state index in [1.807, 2.05) is 79.0 Å². The number of para-hydroxylation sites is 1. The van der Waals surface area contributed by atoms with Crippen LogP contribution >= 0.6 is 0 Å². The predicted octanol–water partition coefficient (Wildman–Crippen LogP) is 6.91. The van der Waals surface area contributed by atoms with E-state index in [4.69, 9.17) is 0 Å². The number of hydrogen-bond donors (Lipinski definition) is 1. The maximum Gasteiger partial charge on any atom is 0.261 e. The lowest BCUT2D eigenvalue weighted by atomic mass is 9.95.